The van der Waals surface area contributed by atoms with E-state index >= 15 is 0 Å². The maximum atomic E-state index is 6.16. The average molecular weight is 377 g/mol. The Kier molecular flexibility index (Phi) is 5.89. The van der Waals surface area contributed by atoms with E-state index in [-0.39, 0.29) is 0 Å². The molecule has 0 aromatic heterocycles. The van der Waals surface area contributed by atoms with Gasteiger partial charge in [0.25, 0.3) is 0 Å². The summed E-state index contributed by atoms with van der Waals surface area (Å²) < 4.78 is 0.809. The van der Waals surface area contributed by atoms with Gasteiger partial charge in [-0.15, -0.1) is 11.8 Å². The van der Waals surface area contributed by atoms with E-state index in [1.54, 1.807) is 11.8 Å². The Morgan fingerprint density at radius 3 is 2.47 bits per heavy atom. The number of anilines is 1. The van der Waals surface area contributed by atoms with E-state index in [1.165, 1.54) is 4.90 Å². The molecule has 1 N–H and O–H groups in total. The van der Waals surface area contributed by atoms with Crippen LogP contribution in [-0.2, 0) is 0 Å². The molecule has 2 aromatic carbocycles. The summed E-state index contributed by atoms with van der Waals surface area (Å²) in [4.78, 5) is 1.27. The van der Waals surface area contributed by atoms with Crippen LogP contribution < -0.4 is 5.32 Å². The van der Waals surface area contributed by atoms with Gasteiger partial charge in [-0.3, -0.25) is 0 Å². The Balaban J connectivity index is 1.85. The molecule has 0 unspecified atom stereocenters. The Morgan fingerprint density at radius 1 is 1.00 bits per heavy atom. The first-order valence-corrected chi connectivity index (χ1v) is 8.27. The predicted molar refractivity (Wildman–Crippen MR) is 89.8 cm³/mol. The highest BCUT2D eigenvalue weighted by Gasteiger charge is 2.07. The highest BCUT2D eigenvalue weighted by atomic mass is 79.9. The minimum Gasteiger partial charge on any atom is -0.383 e. The van der Waals surface area contributed by atoms with Crippen LogP contribution in [0.15, 0.2) is 51.8 Å². The number of hydrogen-bond donors (Lipinski definition) is 1. The van der Waals surface area contributed by atoms with E-state index in [1.807, 2.05) is 30.3 Å². The fourth-order valence-corrected chi connectivity index (χ4v) is 3.16. The van der Waals surface area contributed by atoms with Crippen molar-refractivity contribution < 1.29 is 0 Å². The third-order valence-corrected chi connectivity index (χ3v) is 5.25. The van der Waals surface area contributed by atoms with E-state index in [9.17, 15) is 0 Å². The second kappa shape index (κ2) is 7.44. The van der Waals surface area contributed by atoms with Gasteiger partial charge in [0.1, 0.15) is 0 Å². The summed E-state index contributed by atoms with van der Waals surface area (Å²) in [5.41, 5.74) is 0.864. The molecule has 0 radical (unpaired) electrons. The van der Waals surface area contributed by atoms with Crippen LogP contribution in [0.3, 0.4) is 0 Å². The summed E-state index contributed by atoms with van der Waals surface area (Å²) in [6.45, 7) is 0.831. The largest absolute Gasteiger partial charge is 0.383 e. The van der Waals surface area contributed by atoms with Gasteiger partial charge in [-0.05, 0) is 40.2 Å². The van der Waals surface area contributed by atoms with Crippen molar-refractivity contribution in [3.63, 3.8) is 0 Å². The van der Waals surface area contributed by atoms with Gasteiger partial charge in [0.2, 0.25) is 0 Å². The minimum absolute atomic E-state index is 0.544. The maximum absolute atomic E-state index is 6.16. The number of rotatable bonds is 5. The molecule has 0 saturated carbocycles. The molecular weight excluding hydrogens is 365 g/mol. The van der Waals surface area contributed by atoms with Gasteiger partial charge in [0.05, 0.1) is 15.7 Å². The van der Waals surface area contributed by atoms with Crippen LogP contribution in [0.5, 0.6) is 0 Å². The molecule has 0 amide bonds. The van der Waals surface area contributed by atoms with Crippen molar-refractivity contribution in [2.24, 2.45) is 0 Å². The second-order valence-electron chi connectivity index (χ2n) is 3.81. The molecule has 100 valence electrons. The summed E-state index contributed by atoms with van der Waals surface area (Å²) >= 11 is 17.4. The third kappa shape index (κ3) is 4.32. The van der Waals surface area contributed by atoms with Gasteiger partial charge in [-0.2, -0.15) is 0 Å². The first-order valence-electron chi connectivity index (χ1n) is 5.73. The molecule has 0 spiro atoms. The molecule has 0 aliphatic carbocycles. The molecule has 19 heavy (non-hydrogen) atoms. The van der Waals surface area contributed by atoms with Crippen LogP contribution in [0.4, 0.5) is 5.69 Å². The molecule has 5 heteroatoms. The number of thioether (sulfide) groups is 1. The predicted octanol–water partition coefficient (Wildman–Crippen LogP) is 5.96. The Labute approximate surface area is 135 Å². The van der Waals surface area contributed by atoms with Crippen LogP contribution in [0.25, 0.3) is 0 Å². The van der Waals surface area contributed by atoms with Crippen molar-refractivity contribution in [2.75, 3.05) is 17.6 Å². The van der Waals surface area contributed by atoms with Gasteiger partial charge in [-0.1, -0.05) is 41.4 Å². The fourth-order valence-electron chi connectivity index (χ4n) is 1.53. The maximum Gasteiger partial charge on any atom is 0.0835 e. The number of benzene rings is 2. The van der Waals surface area contributed by atoms with Crippen LogP contribution in [0.2, 0.25) is 10.0 Å². The summed E-state index contributed by atoms with van der Waals surface area (Å²) in [5, 5.41) is 4.39. The van der Waals surface area contributed by atoms with Crippen molar-refractivity contribution in [3.05, 3.63) is 57.0 Å². The van der Waals surface area contributed by atoms with Crippen LogP contribution in [-0.4, -0.2) is 12.3 Å². The number of hydrogen-bond acceptors (Lipinski definition) is 2. The zero-order valence-corrected chi connectivity index (χ0v) is 13.9. The molecule has 0 aliphatic rings. The monoisotopic (exact) mass is 375 g/mol. The summed E-state index contributed by atoms with van der Waals surface area (Å²) in [6, 6.07) is 14.1. The van der Waals surface area contributed by atoms with Crippen LogP contribution >= 0.6 is 50.9 Å². The van der Waals surface area contributed by atoms with E-state index in [0.717, 1.165) is 22.5 Å². The standard InChI is InChI=1S/C14H12BrCl2NS/c15-11-6-7-12(14(17)13(11)16)18-8-9-19-10-4-2-1-3-5-10/h1-7,18H,8-9H2. The Bertz CT molecular complexity index is 549. The zero-order chi connectivity index (χ0) is 13.7. The Morgan fingerprint density at radius 2 is 1.74 bits per heavy atom. The highest BCUT2D eigenvalue weighted by molar-refractivity contribution is 9.10. The lowest BCUT2D eigenvalue weighted by molar-refractivity contribution is 1.22. The van der Waals surface area contributed by atoms with Crippen molar-refractivity contribution in [1.82, 2.24) is 0 Å². The zero-order valence-electron chi connectivity index (χ0n) is 10.00. The van der Waals surface area contributed by atoms with Gasteiger partial charge < -0.3 is 5.32 Å². The van der Waals surface area contributed by atoms with Gasteiger partial charge in [0.15, 0.2) is 0 Å². The molecule has 1 nitrogen and oxygen atoms in total. The van der Waals surface area contributed by atoms with Crippen LogP contribution in [0, 0.1) is 0 Å². The van der Waals surface area contributed by atoms with Gasteiger partial charge >= 0.3 is 0 Å². The molecule has 0 bridgehead atoms. The third-order valence-electron chi connectivity index (χ3n) is 2.46. The van der Waals surface area contributed by atoms with Crippen molar-refractivity contribution in [1.29, 1.82) is 0 Å². The molecule has 2 aromatic rings. The van der Waals surface area contributed by atoms with Crippen molar-refractivity contribution in [3.8, 4) is 0 Å². The fraction of sp³-hybridized carbons (Fsp3) is 0.143. The highest BCUT2D eigenvalue weighted by Crippen LogP contribution is 2.35. The SMILES string of the molecule is Clc1c(Br)ccc(NCCSc2ccccc2)c1Cl. The number of halogens is 3. The molecule has 0 fully saturated rings. The average Bonchev–Trinajstić information content (AvgIpc) is 2.44. The van der Waals surface area contributed by atoms with E-state index in [0.29, 0.717) is 10.0 Å². The van der Waals surface area contributed by atoms with Gasteiger partial charge in [0, 0.05) is 21.7 Å². The lowest BCUT2D eigenvalue weighted by atomic mass is 10.3. The van der Waals surface area contributed by atoms with Crippen molar-refractivity contribution in [2.45, 2.75) is 4.90 Å². The summed E-state index contributed by atoms with van der Waals surface area (Å²) in [7, 11) is 0. The first-order chi connectivity index (χ1) is 9.18. The quantitative estimate of drug-likeness (QED) is 0.392. The minimum atomic E-state index is 0.544. The Hall–Kier alpha value is -0.350. The topological polar surface area (TPSA) is 12.0 Å². The smallest absolute Gasteiger partial charge is 0.0835 e. The molecule has 0 atom stereocenters. The summed E-state index contributed by atoms with van der Waals surface area (Å²) in [6.07, 6.45) is 0. The first kappa shape index (κ1) is 15.0. The molecule has 0 saturated heterocycles. The van der Waals surface area contributed by atoms with E-state index < -0.39 is 0 Å². The number of nitrogens with one attached hydrogen (secondary N) is 1. The molecular formula is C14H12BrCl2NS. The lowest BCUT2D eigenvalue weighted by Crippen LogP contribution is -2.04. The second-order valence-corrected chi connectivity index (χ2v) is 6.59. The summed E-state index contributed by atoms with van der Waals surface area (Å²) in [5.74, 6) is 0.966. The molecule has 0 aliphatic heterocycles. The van der Waals surface area contributed by atoms with Crippen molar-refractivity contribution >= 4 is 56.6 Å². The van der Waals surface area contributed by atoms with Crippen LogP contribution in [0.1, 0.15) is 0 Å². The molecule has 0 heterocycles. The normalized spacial score (nSPS) is 10.5. The van der Waals surface area contributed by atoms with E-state index in [4.69, 9.17) is 23.2 Å². The van der Waals surface area contributed by atoms with Gasteiger partial charge in [-0.25, -0.2) is 0 Å². The lowest BCUT2D eigenvalue weighted by Gasteiger charge is -2.10. The van der Waals surface area contributed by atoms with E-state index in [2.05, 4.69) is 33.4 Å². The molecule has 2 rings (SSSR count).